The highest BCUT2D eigenvalue weighted by molar-refractivity contribution is 9.10. The number of hydrogen-bond acceptors (Lipinski definition) is 3. The number of carbonyl (C=O) groups excluding carboxylic acids is 1. The summed E-state index contributed by atoms with van der Waals surface area (Å²) >= 11 is 3.35. The fourth-order valence-corrected chi connectivity index (χ4v) is 2.31. The molecule has 4 nitrogen and oxygen atoms in total. The SMILES string of the molecule is Cc1ccc(OCCNC(=O)COc2ccc(Br)cc2)c(C)c1. The summed E-state index contributed by atoms with van der Waals surface area (Å²) in [6.07, 6.45) is 0. The molecule has 0 aliphatic carbocycles. The number of benzene rings is 2. The summed E-state index contributed by atoms with van der Waals surface area (Å²) in [5.74, 6) is 1.34. The van der Waals surface area contributed by atoms with Gasteiger partial charge in [-0.15, -0.1) is 0 Å². The minimum Gasteiger partial charge on any atom is -0.491 e. The van der Waals surface area contributed by atoms with Gasteiger partial charge >= 0.3 is 0 Å². The Hall–Kier alpha value is -2.01. The molecule has 0 fully saturated rings. The number of halogens is 1. The van der Waals surface area contributed by atoms with Gasteiger partial charge in [0.15, 0.2) is 6.61 Å². The predicted molar refractivity (Wildman–Crippen MR) is 94.1 cm³/mol. The van der Waals surface area contributed by atoms with Crippen LogP contribution in [0.4, 0.5) is 0 Å². The third-order valence-corrected chi connectivity index (χ3v) is 3.72. The Morgan fingerprint density at radius 3 is 2.52 bits per heavy atom. The molecular formula is C18H20BrNO3. The first-order valence-corrected chi connectivity index (χ1v) is 8.19. The number of amides is 1. The highest BCUT2D eigenvalue weighted by Gasteiger charge is 2.03. The molecule has 1 amide bonds. The molecule has 0 saturated heterocycles. The van der Waals surface area contributed by atoms with Crippen LogP contribution in [-0.2, 0) is 4.79 Å². The van der Waals surface area contributed by atoms with Gasteiger partial charge < -0.3 is 14.8 Å². The molecule has 0 unspecified atom stereocenters. The Balaban J connectivity index is 1.65. The van der Waals surface area contributed by atoms with Crippen molar-refractivity contribution < 1.29 is 14.3 Å². The van der Waals surface area contributed by atoms with Crippen LogP contribution >= 0.6 is 15.9 Å². The molecule has 0 aliphatic heterocycles. The van der Waals surface area contributed by atoms with E-state index in [0.717, 1.165) is 15.8 Å². The molecule has 0 aliphatic rings. The van der Waals surface area contributed by atoms with Crippen molar-refractivity contribution in [1.82, 2.24) is 5.32 Å². The Morgan fingerprint density at radius 1 is 1.09 bits per heavy atom. The van der Waals surface area contributed by atoms with Gasteiger partial charge in [0.2, 0.25) is 0 Å². The molecule has 5 heteroatoms. The maximum absolute atomic E-state index is 11.7. The van der Waals surface area contributed by atoms with Gasteiger partial charge in [0.1, 0.15) is 18.1 Å². The molecule has 0 radical (unpaired) electrons. The summed E-state index contributed by atoms with van der Waals surface area (Å²) in [5, 5.41) is 2.77. The summed E-state index contributed by atoms with van der Waals surface area (Å²) in [4.78, 5) is 11.7. The maximum atomic E-state index is 11.7. The van der Waals surface area contributed by atoms with Crippen LogP contribution in [0.2, 0.25) is 0 Å². The van der Waals surface area contributed by atoms with Gasteiger partial charge in [-0.3, -0.25) is 4.79 Å². The molecule has 2 rings (SSSR count). The van der Waals surface area contributed by atoms with E-state index in [-0.39, 0.29) is 12.5 Å². The van der Waals surface area contributed by atoms with E-state index in [9.17, 15) is 4.79 Å². The average molecular weight is 378 g/mol. The van der Waals surface area contributed by atoms with Crippen molar-refractivity contribution in [1.29, 1.82) is 0 Å². The molecule has 1 N–H and O–H groups in total. The van der Waals surface area contributed by atoms with Gasteiger partial charge in [0, 0.05) is 4.47 Å². The Labute approximate surface area is 144 Å². The molecule has 0 saturated carbocycles. The van der Waals surface area contributed by atoms with Crippen molar-refractivity contribution in [2.45, 2.75) is 13.8 Å². The van der Waals surface area contributed by atoms with Crippen molar-refractivity contribution in [3.05, 3.63) is 58.1 Å². The summed E-state index contributed by atoms with van der Waals surface area (Å²) < 4.78 is 12.0. The smallest absolute Gasteiger partial charge is 0.258 e. The van der Waals surface area contributed by atoms with E-state index in [1.165, 1.54) is 5.56 Å². The second kappa shape index (κ2) is 8.58. The fraction of sp³-hybridized carbons (Fsp3) is 0.278. The number of nitrogens with one attached hydrogen (secondary N) is 1. The van der Waals surface area contributed by atoms with Gasteiger partial charge in [0.05, 0.1) is 6.54 Å². The summed E-state index contributed by atoms with van der Waals surface area (Å²) in [7, 11) is 0. The van der Waals surface area contributed by atoms with Crippen LogP contribution < -0.4 is 14.8 Å². The fourth-order valence-electron chi connectivity index (χ4n) is 2.04. The highest BCUT2D eigenvalue weighted by Crippen LogP contribution is 2.18. The minimum absolute atomic E-state index is 0.00874. The Morgan fingerprint density at radius 2 is 1.83 bits per heavy atom. The molecule has 0 atom stereocenters. The number of hydrogen-bond donors (Lipinski definition) is 1. The van der Waals surface area contributed by atoms with Crippen molar-refractivity contribution >= 4 is 21.8 Å². The normalized spacial score (nSPS) is 10.2. The standard InChI is InChI=1S/C18H20BrNO3/c1-13-3-8-17(14(2)11-13)22-10-9-20-18(21)12-23-16-6-4-15(19)5-7-16/h3-8,11H,9-10,12H2,1-2H3,(H,20,21). The number of rotatable bonds is 7. The first-order valence-electron chi connectivity index (χ1n) is 7.40. The first-order chi connectivity index (χ1) is 11.0. The van der Waals surface area contributed by atoms with Crippen LogP contribution in [-0.4, -0.2) is 25.7 Å². The third kappa shape index (κ3) is 5.94. The van der Waals surface area contributed by atoms with E-state index in [1.54, 1.807) is 12.1 Å². The van der Waals surface area contributed by atoms with E-state index >= 15 is 0 Å². The van der Waals surface area contributed by atoms with Crippen LogP contribution in [0.25, 0.3) is 0 Å². The highest BCUT2D eigenvalue weighted by atomic mass is 79.9. The Bertz CT molecular complexity index is 656. The summed E-state index contributed by atoms with van der Waals surface area (Å²) in [6.45, 7) is 4.91. The van der Waals surface area contributed by atoms with Crippen molar-refractivity contribution in [3.8, 4) is 11.5 Å². The lowest BCUT2D eigenvalue weighted by atomic mass is 10.1. The zero-order chi connectivity index (χ0) is 16.7. The van der Waals surface area contributed by atoms with E-state index < -0.39 is 0 Å². The Kier molecular flexibility index (Phi) is 6.47. The van der Waals surface area contributed by atoms with Crippen molar-refractivity contribution in [3.63, 3.8) is 0 Å². The average Bonchev–Trinajstić information content (AvgIpc) is 2.52. The molecule has 23 heavy (non-hydrogen) atoms. The molecule has 2 aromatic rings. The topological polar surface area (TPSA) is 47.6 Å². The largest absolute Gasteiger partial charge is 0.491 e. The quantitative estimate of drug-likeness (QED) is 0.749. The predicted octanol–water partition coefficient (Wildman–Crippen LogP) is 3.64. The number of carbonyl (C=O) groups is 1. The van der Waals surface area contributed by atoms with Crippen LogP contribution in [0.3, 0.4) is 0 Å². The number of ether oxygens (including phenoxy) is 2. The van der Waals surface area contributed by atoms with Gasteiger partial charge in [-0.25, -0.2) is 0 Å². The van der Waals surface area contributed by atoms with E-state index in [4.69, 9.17) is 9.47 Å². The molecule has 2 aromatic carbocycles. The van der Waals surface area contributed by atoms with Gasteiger partial charge in [0.25, 0.3) is 5.91 Å². The first kappa shape index (κ1) is 17.3. The van der Waals surface area contributed by atoms with Crippen LogP contribution in [0.15, 0.2) is 46.9 Å². The van der Waals surface area contributed by atoms with E-state index in [1.807, 2.05) is 38.1 Å². The van der Waals surface area contributed by atoms with Crippen molar-refractivity contribution in [2.75, 3.05) is 19.8 Å². The monoisotopic (exact) mass is 377 g/mol. The lowest BCUT2D eigenvalue weighted by Gasteiger charge is -2.11. The van der Waals surface area contributed by atoms with Gasteiger partial charge in [-0.2, -0.15) is 0 Å². The number of aryl methyl sites for hydroxylation is 2. The second-order valence-corrected chi connectivity index (χ2v) is 6.13. The van der Waals surface area contributed by atoms with Gasteiger partial charge in [-0.05, 0) is 49.7 Å². The zero-order valence-electron chi connectivity index (χ0n) is 13.3. The maximum Gasteiger partial charge on any atom is 0.258 e. The zero-order valence-corrected chi connectivity index (χ0v) is 14.9. The molecule has 0 spiro atoms. The molecule has 0 heterocycles. The third-order valence-electron chi connectivity index (χ3n) is 3.20. The van der Waals surface area contributed by atoms with Crippen LogP contribution in [0, 0.1) is 13.8 Å². The van der Waals surface area contributed by atoms with E-state index in [0.29, 0.717) is 18.9 Å². The van der Waals surface area contributed by atoms with Gasteiger partial charge in [-0.1, -0.05) is 33.6 Å². The molecule has 122 valence electrons. The summed E-state index contributed by atoms with van der Waals surface area (Å²) in [5.41, 5.74) is 2.29. The molecular weight excluding hydrogens is 358 g/mol. The molecule has 0 aromatic heterocycles. The lowest BCUT2D eigenvalue weighted by molar-refractivity contribution is -0.123. The minimum atomic E-state index is -0.169. The van der Waals surface area contributed by atoms with Crippen LogP contribution in [0.1, 0.15) is 11.1 Å². The lowest BCUT2D eigenvalue weighted by Crippen LogP contribution is -2.32. The van der Waals surface area contributed by atoms with E-state index in [2.05, 4.69) is 27.3 Å². The van der Waals surface area contributed by atoms with Crippen LogP contribution in [0.5, 0.6) is 11.5 Å². The molecule has 0 bridgehead atoms. The summed E-state index contributed by atoms with van der Waals surface area (Å²) in [6, 6.07) is 13.4. The van der Waals surface area contributed by atoms with Crippen molar-refractivity contribution in [2.24, 2.45) is 0 Å². The second-order valence-electron chi connectivity index (χ2n) is 5.21.